The molecule has 0 aromatic heterocycles. The predicted molar refractivity (Wildman–Crippen MR) is 362 cm³/mol. The quantitative estimate of drug-likeness (QED) is 0.0455. The van der Waals surface area contributed by atoms with Crippen LogP contribution in [0.25, 0.3) is 0 Å². The van der Waals surface area contributed by atoms with Crippen molar-refractivity contribution in [2.24, 2.45) is 5.73 Å². The Labute approximate surface area is 708 Å². The van der Waals surface area contributed by atoms with E-state index in [9.17, 15) is 128 Å². The molecule has 21 heterocycles. The maximum Gasteiger partial charge on any atom is 1.00 e. The van der Waals surface area contributed by atoms with Gasteiger partial charge in [0.2, 0.25) is 0 Å². The van der Waals surface area contributed by atoms with Crippen LogP contribution in [-0.2, 0) is 108 Å². The average Bonchev–Trinajstić information content (AvgIpc) is 0.853. The fourth-order valence-corrected chi connectivity index (χ4v) is 17.1. The Hall–Kier alpha value is -0.222. The monoisotopic (exact) mass is 1920 g/mol. The van der Waals surface area contributed by atoms with Crippen LogP contribution in [-0.4, -0.2) is 389 Å². The number of rotatable bonds is 12. The van der Waals surface area contributed by atoms with Crippen molar-refractivity contribution in [1.29, 1.82) is 0 Å². The molecule has 0 spiro atoms. The van der Waals surface area contributed by atoms with E-state index < -0.39 is 306 Å². The SMILES string of the molecule is CC(C)(C)c1ccc(P(c2cccc(S(=O)(=O)[O-])c2)c2cccc(S(=O)(=O)[O-])c2)cc1.NC[C@H]1O[C@@H]2O[C@H]3[C@H](O)[C@@H](O)[C@@H](O[C@H]4[C@H](O)[C@@H](O)[C@@H](O[C@H]5[C@H](O)[C@@H](O)[C@@H](O[C@H]6[C@H](O)[C@@H](O)[C@@H](O[C@H]7[C@H](O)[C@@H](O)[C@@H](O[C@H]8[C@H](O)[C@@H](O)[C@@H](O[C@H]1[C@H](O)[C@H]2O)O[C@@H]8CO)O[C@@H]7CO)O[C@@H]6CO)O[C@@H]5CO)O[C@@H]4CO)O[C@@H]3CO.[Cl][Pt][Cl].[Na+].[Na+]. The molecule has 22 N–H and O–H groups in total. The molecule has 3 aromatic carbocycles. The molecule has 0 unspecified atom stereocenters. The van der Waals surface area contributed by atoms with Gasteiger partial charge in [-0.25, -0.2) is 16.8 Å². The zero-order valence-electron chi connectivity index (χ0n) is 60.6. The fraction of sp³-hybridized carbons (Fsp3) is 0.719. The number of halogens is 2. The van der Waals surface area contributed by atoms with Crippen LogP contribution in [0.5, 0.6) is 0 Å². The molecule has 21 aliphatic heterocycles. The summed E-state index contributed by atoms with van der Waals surface area (Å²) < 4.78 is 149. The average molecular weight is 1920 g/mol. The maximum absolute atomic E-state index is 11.6. The van der Waals surface area contributed by atoms with Gasteiger partial charge < -0.3 is 183 Å². The number of aliphatic hydroxyl groups is 20. The summed E-state index contributed by atoms with van der Waals surface area (Å²) in [5.41, 5.74) is 6.96. The van der Waals surface area contributed by atoms with E-state index in [1.54, 1.807) is 12.1 Å². The summed E-state index contributed by atoms with van der Waals surface area (Å²) in [5, 5.41) is 222. The standard InChI is InChI=1S/C42H71NO34.C22H23O6PS2.2ClH.2Na.Pt/c43-1-8-29-15(50)22(57)36(64-8)72-30-9(2-44)66-38(24(59)17(30)52)74-32-11(4-46)68-40(26(61)19(32)54)76-34-13(6-48)70-42(28(63)21(34)56)77-35-14(7-49)69-41(27(62)20(35)55)75-33-12(5-47)67-39(25(60)18(33)53)73-31-10(3-45)65-37(71-29)23(58)16(31)51;1-22(2,3)16-10-12-17(13-11-16)29(18-6-4-8-20(14-18)30(23,24)25)19-7-5-9-21(15-19)31(26,27)28;;;;;/h8-42,44-63H,1-7,43H2;4-15H,1-3H3,(H,23,24,25)(H,26,27,28);2*1H;;;/q;;;;2*+1;+2/p-4/t8-,9-,10-,11-,12-,13-,14-,15-,16-,17-,18-,19-,20-,21-,22-,23-,24-,25-,26-,27-,28-,29-,30-,31-,32-,33-,34-,35-,36-,37-,38-,39-,40-,41-,42-;;;;;;/m1....../s1. The van der Waals surface area contributed by atoms with Gasteiger partial charge >= 0.3 is 94.4 Å². The van der Waals surface area contributed by atoms with Crippen molar-refractivity contribution in [2.45, 2.75) is 251 Å². The van der Waals surface area contributed by atoms with E-state index in [0.29, 0.717) is 10.6 Å². The zero-order valence-corrected chi connectivity index (χ0v) is 70.9. The molecule has 0 radical (unpaired) electrons. The van der Waals surface area contributed by atoms with Crippen molar-refractivity contribution < 1.29 is 270 Å². The Bertz CT molecular complexity index is 3230. The van der Waals surface area contributed by atoms with Gasteiger partial charge in [-0.2, -0.15) is 0 Å². The van der Waals surface area contributed by atoms with Crippen molar-refractivity contribution in [2.75, 3.05) is 46.2 Å². The Kier molecular flexibility index (Phi) is 38.4. The van der Waals surface area contributed by atoms with Gasteiger partial charge in [0, 0.05) is 6.54 Å². The first kappa shape index (κ1) is 99.9. The van der Waals surface area contributed by atoms with Crippen molar-refractivity contribution >= 4 is 62.9 Å². The number of ether oxygens (including phenoxy) is 14. The summed E-state index contributed by atoms with van der Waals surface area (Å²) in [6.07, 6.45) is -69.2. The molecular weight excluding hydrogens is 1830 g/mol. The molecular formula is C64H92Cl2NNa2O40PPtS2. The Balaban J connectivity index is 0.000000410. The minimum Gasteiger partial charge on any atom is 1.00 e. The van der Waals surface area contributed by atoms with Crippen LogP contribution in [0.4, 0.5) is 0 Å². The first-order valence-corrected chi connectivity index (χ1v) is 44.0. The molecule has 21 aliphatic rings. The predicted octanol–water partition coefficient (Wildman–Crippen LogP) is -17.3. The van der Waals surface area contributed by atoms with Gasteiger partial charge in [0.05, 0.1) is 49.4 Å². The Morgan fingerprint density at radius 1 is 0.354 bits per heavy atom. The molecule has 14 bridgehead atoms. The Morgan fingerprint density at radius 3 is 0.743 bits per heavy atom. The number of nitrogens with two attached hydrogens (primary N) is 1. The third-order valence-electron chi connectivity index (χ3n) is 19.6. The van der Waals surface area contributed by atoms with E-state index >= 15 is 0 Å². The summed E-state index contributed by atoms with van der Waals surface area (Å²) in [6.45, 7) is -0.508. The van der Waals surface area contributed by atoms with Crippen molar-refractivity contribution in [3.63, 3.8) is 0 Å². The molecule has 35 atom stereocenters. The van der Waals surface area contributed by atoms with Gasteiger partial charge in [-0.15, -0.1) is 0 Å². The number of hydrogen-bond acceptors (Lipinski definition) is 41. The van der Waals surface area contributed by atoms with Gasteiger partial charge in [0.1, 0.15) is 191 Å². The normalized spacial score (nSPS) is 41.4. The maximum atomic E-state index is 11.6. The van der Waals surface area contributed by atoms with Gasteiger partial charge in [-0.1, -0.05) is 69.3 Å². The van der Waals surface area contributed by atoms with Crippen LogP contribution in [0.1, 0.15) is 26.3 Å². The van der Waals surface area contributed by atoms with E-state index in [0.717, 1.165) is 10.9 Å². The second-order valence-corrected chi connectivity index (χ2v) is 36.0. The molecule has 41 nitrogen and oxygen atoms in total. The molecule has 3 aromatic rings. The van der Waals surface area contributed by atoms with Crippen LogP contribution in [0.15, 0.2) is 82.6 Å². The molecule has 21 fully saturated rings. The van der Waals surface area contributed by atoms with E-state index in [-0.39, 0.29) is 74.3 Å². The zero-order chi connectivity index (χ0) is 81.8. The molecule has 636 valence electrons. The summed E-state index contributed by atoms with van der Waals surface area (Å²) in [5.74, 6) is 0. The van der Waals surface area contributed by atoms with Crippen LogP contribution in [0.2, 0.25) is 0 Å². The van der Waals surface area contributed by atoms with Crippen LogP contribution >= 0.6 is 26.8 Å². The number of hydrogen-bond donors (Lipinski definition) is 21. The first-order valence-electron chi connectivity index (χ1n) is 34.2. The first-order chi connectivity index (χ1) is 52.3. The van der Waals surface area contributed by atoms with E-state index in [1.807, 2.05) is 24.3 Å². The van der Waals surface area contributed by atoms with Crippen molar-refractivity contribution in [3.05, 3.63) is 78.4 Å². The molecule has 21 saturated heterocycles. The van der Waals surface area contributed by atoms with Crippen molar-refractivity contribution in [1.82, 2.24) is 0 Å². The van der Waals surface area contributed by atoms with Crippen LogP contribution < -0.4 is 80.8 Å². The van der Waals surface area contributed by atoms with Gasteiger partial charge in [-0.05, 0) is 59.1 Å². The van der Waals surface area contributed by atoms with E-state index in [1.165, 1.54) is 36.4 Å². The largest absolute Gasteiger partial charge is 1.00 e. The van der Waals surface area contributed by atoms with E-state index in [2.05, 4.69) is 20.8 Å². The molecule has 0 aliphatic carbocycles. The van der Waals surface area contributed by atoms with Gasteiger partial charge in [-0.3, -0.25) is 0 Å². The van der Waals surface area contributed by atoms with Crippen LogP contribution in [0.3, 0.4) is 0 Å². The third kappa shape index (κ3) is 23.0. The fourth-order valence-electron chi connectivity index (χ4n) is 13.6. The smallest absolute Gasteiger partial charge is 1.00 e. The number of benzene rings is 3. The molecule has 0 saturated carbocycles. The summed E-state index contributed by atoms with van der Waals surface area (Å²) in [7, 11) is -1.01. The molecule has 49 heteroatoms. The van der Waals surface area contributed by atoms with E-state index in [4.69, 9.17) is 90.9 Å². The second-order valence-electron chi connectivity index (χ2n) is 27.8. The van der Waals surface area contributed by atoms with Crippen LogP contribution in [0, 0.1) is 0 Å². The van der Waals surface area contributed by atoms with Gasteiger partial charge in [0.15, 0.2) is 44.0 Å². The van der Waals surface area contributed by atoms with Crippen molar-refractivity contribution in [3.8, 4) is 0 Å². The van der Waals surface area contributed by atoms with Gasteiger partial charge in [0.25, 0.3) is 0 Å². The summed E-state index contributed by atoms with van der Waals surface area (Å²) in [6, 6.07) is 19.1. The number of aliphatic hydroxyl groups excluding tert-OH is 20. The minimum atomic E-state index is -4.67. The third-order valence-corrected chi connectivity index (χ3v) is 23.6. The Morgan fingerprint density at radius 2 is 0.558 bits per heavy atom. The molecule has 113 heavy (non-hydrogen) atoms. The summed E-state index contributed by atoms with van der Waals surface area (Å²) in [4.78, 5) is -0.729. The second kappa shape index (κ2) is 43.4. The molecule has 0 amide bonds. The minimum absolute atomic E-state index is 0. The topological polar surface area (TPSA) is 674 Å². The summed E-state index contributed by atoms with van der Waals surface area (Å²) >= 11 is -0.472. The molecule has 24 rings (SSSR count).